The van der Waals surface area contributed by atoms with Gasteiger partial charge in [0.15, 0.2) is 6.10 Å². The first-order chi connectivity index (χ1) is 13.3. The molecular weight excluding hydrogens is 380 g/mol. The summed E-state index contributed by atoms with van der Waals surface area (Å²) in [7, 11) is -3.55. The monoisotopic (exact) mass is 406 g/mol. The van der Waals surface area contributed by atoms with Crippen LogP contribution in [0.15, 0.2) is 48.4 Å². The average molecular weight is 407 g/mol. The molecule has 8 heteroatoms. The van der Waals surface area contributed by atoms with Gasteiger partial charge in [0.05, 0.1) is 5.92 Å². The van der Waals surface area contributed by atoms with Crippen molar-refractivity contribution in [3.63, 3.8) is 0 Å². The molecule has 0 radical (unpaired) electrons. The molecule has 1 atom stereocenters. The van der Waals surface area contributed by atoms with Crippen LogP contribution < -0.4 is 5.32 Å². The van der Waals surface area contributed by atoms with E-state index in [0.717, 1.165) is 5.56 Å². The first-order valence-corrected chi connectivity index (χ1v) is 10.7. The van der Waals surface area contributed by atoms with Gasteiger partial charge in [-0.2, -0.15) is 4.31 Å². The van der Waals surface area contributed by atoms with E-state index in [1.165, 1.54) is 22.7 Å². The number of hydrogen-bond donors (Lipinski definition) is 1. The van der Waals surface area contributed by atoms with Gasteiger partial charge < -0.3 is 10.1 Å². The summed E-state index contributed by atoms with van der Waals surface area (Å²) in [6.45, 7) is 5.77. The lowest BCUT2D eigenvalue weighted by Gasteiger charge is -2.29. The Bertz CT molecular complexity index is 812. The summed E-state index contributed by atoms with van der Waals surface area (Å²) >= 11 is 0. The molecule has 0 aliphatic carbocycles. The molecule has 28 heavy (non-hydrogen) atoms. The molecular formula is C20H26N2O5S. The topological polar surface area (TPSA) is 92.8 Å². The normalized spacial score (nSPS) is 17.2. The fourth-order valence-corrected chi connectivity index (χ4v) is 4.02. The molecule has 0 saturated carbocycles. The molecule has 1 amide bonds. The first-order valence-electron chi connectivity index (χ1n) is 9.16. The minimum atomic E-state index is -3.55. The van der Waals surface area contributed by atoms with Crippen molar-refractivity contribution < 1.29 is 22.7 Å². The maximum Gasteiger partial charge on any atom is 0.309 e. The molecule has 1 aromatic rings. The second-order valence-corrected chi connectivity index (χ2v) is 8.36. The summed E-state index contributed by atoms with van der Waals surface area (Å²) in [6, 6.07) is 9.17. The van der Waals surface area contributed by atoms with Gasteiger partial charge >= 0.3 is 5.97 Å². The average Bonchev–Trinajstić information content (AvgIpc) is 2.71. The number of esters is 1. The molecule has 1 heterocycles. The molecule has 1 aliphatic rings. The molecule has 152 valence electrons. The number of carbonyl (C=O) groups excluding carboxylic acids is 2. The highest BCUT2D eigenvalue weighted by Gasteiger charge is 2.32. The van der Waals surface area contributed by atoms with Crippen LogP contribution in [0.2, 0.25) is 0 Å². The van der Waals surface area contributed by atoms with Gasteiger partial charge in [0.2, 0.25) is 10.0 Å². The van der Waals surface area contributed by atoms with Crippen LogP contribution in [0.3, 0.4) is 0 Å². The molecule has 0 bridgehead atoms. The Morgan fingerprint density at radius 3 is 2.54 bits per heavy atom. The highest BCUT2D eigenvalue weighted by molar-refractivity contribution is 7.92. The maximum absolute atomic E-state index is 12.5. The Labute approximate surface area is 166 Å². The number of hydrogen-bond acceptors (Lipinski definition) is 5. The molecule has 1 N–H and O–H groups in total. The van der Waals surface area contributed by atoms with Gasteiger partial charge in [-0.1, -0.05) is 36.4 Å². The second-order valence-electron chi connectivity index (χ2n) is 6.54. The van der Waals surface area contributed by atoms with Gasteiger partial charge in [-0.3, -0.25) is 9.59 Å². The Kier molecular flexibility index (Phi) is 7.95. The highest BCUT2D eigenvalue weighted by Crippen LogP contribution is 2.22. The van der Waals surface area contributed by atoms with Gasteiger partial charge in [0.25, 0.3) is 5.91 Å². The van der Waals surface area contributed by atoms with Crippen molar-refractivity contribution in [1.29, 1.82) is 0 Å². The van der Waals surface area contributed by atoms with E-state index in [4.69, 9.17) is 4.74 Å². The van der Waals surface area contributed by atoms with E-state index in [2.05, 4.69) is 11.9 Å². The number of rotatable bonds is 8. The largest absolute Gasteiger partial charge is 0.452 e. The molecule has 1 aliphatic heterocycles. The minimum absolute atomic E-state index is 0.234. The van der Waals surface area contributed by atoms with Crippen LogP contribution in [0.1, 0.15) is 25.3 Å². The fraction of sp³-hybridized carbons (Fsp3) is 0.400. The quantitative estimate of drug-likeness (QED) is 0.526. The van der Waals surface area contributed by atoms with Crippen LogP contribution >= 0.6 is 0 Å². The number of benzene rings is 1. The predicted molar refractivity (Wildman–Crippen MR) is 107 cm³/mol. The first kappa shape index (κ1) is 21.8. The summed E-state index contributed by atoms with van der Waals surface area (Å²) in [6.07, 6.45) is 2.91. The Balaban J connectivity index is 1.86. The molecule has 1 aromatic carbocycles. The molecule has 0 aromatic heterocycles. The summed E-state index contributed by atoms with van der Waals surface area (Å²) in [4.78, 5) is 24.0. The van der Waals surface area contributed by atoms with E-state index in [1.54, 1.807) is 6.08 Å². The lowest BCUT2D eigenvalue weighted by atomic mass is 9.98. The minimum Gasteiger partial charge on any atom is -0.452 e. The molecule has 0 unspecified atom stereocenters. The van der Waals surface area contributed by atoms with Crippen LogP contribution in [0.25, 0.3) is 6.08 Å². The van der Waals surface area contributed by atoms with Crippen molar-refractivity contribution in [1.82, 2.24) is 9.62 Å². The zero-order valence-corrected chi connectivity index (χ0v) is 16.7. The van der Waals surface area contributed by atoms with Crippen molar-refractivity contribution in [2.75, 3.05) is 19.6 Å². The van der Waals surface area contributed by atoms with Gasteiger partial charge in [0, 0.05) is 25.0 Å². The van der Waals surface area contributed by atoms with E-state index in [-0.39, 0.29) is 19.0 Å². The van der Waals surface area contributed by atoms with E-state index < -0.39 is 28.0 Å². The Hall–Kier alpha value is -2.45. The molecule has 2 rings (SSSR count). The third kappa shape index (κ3) is 6.31. The number of nitrogens with one attached hydrogen (secondary N) is 1. The second kappa shape index (κ2) is 10.2. The number of piperidine rings is 1. The predicted octanol–water partition coefficient (Wildman–Crippen LogP) is 1.93. The van der Waals surface area contributed by atoms with Crippen LogP contribution in [-0.2, 0) is 24.3 Å². The smallest absolute Gasteiger partial charge is 0.309 e. The molecule has 1 saturated heterocycles. The fourth-order valence-electron chi connectivity index (χ4n) is 2.80. The van der Waals surface area contributed by atoms with E-state index in [0.29, 0.717) is 19.4 Å². The number of carbonyl (C=O) groups is 2. The summed E-state index contributed by atoms with van der Waals surface area (Å²) < 4.78 is 31.5. The third-order valence-corrected chi connectivity index (χ3v) is 6.03. The third-order valence-electron chi connectivity index (χ3n) is 4.46. The zero-order valence-electron chi connectivity index (χ0n) is 15.9. The summed E-state index contributed by atoms with van der Waals surface area (Å²) in [5.41, 5.74) is 0.799. The lowest BCUT2D eigenvalue weighted by Crippen LogP contribution is -2.42. The highest BCUT2D eigenvalue weighted by atomic mass is 32.2. The van der Waals surface area contributed by atoms with Crippen LogP contribution in [0, 0.1) is 5.92 Å². The Morgan fingerprint density at radius 2 is 1.93 bits per heavy atom. The van der Waals surface area contributed by atoms with Crippen molar-refractivity contribution in [2.24, 2.45) is 5.92 Å². The van der Waals surface area contributed by atoms with Crippen molar-refractivity contribution in [3.8, 4) is 0 Å². The molecule has 0 spiro atoms. The number of nitrogens with zero attached hydrogens (tertiary/aromatic N) is 1. The van der Waals surface area contributed by atoms with Crippen molar-refractivity contribution >= 4 is 28.0 Å². The summed E-state index contributed by atoms with van der Waals surface area (Å²) in [5, 5.41) is 3.75. The summed E-state index contributed by atoms with van der Waals surface area (Å²) in [5.74, 6) is -1.28. The SMILES string of the molecule is C=CCNC(=O)[C@H](C)OC(=O)C1CCN(S(=O)(=O)/C=C/c2ccccc2)CC1. The van der Waals surface area contributed by atoms with Gasteiger partial charge in [0.1, 0.15) is 0 Å². The van der Waals surface area contributed by atoms with E-state index >= 15 is 0 Å². The standard InChI is InChI=1S/C20H26N2O5S/c1-3-12-21-19(23)16(2)27-20(24)18-9-13-22(14-10-18)28(25,26)15-11-17-7-5-4-6-8-17/h3-8,11,15-16,18H,1,9-10,12-14H2,2H3,(H,21,23)/b15-11+/t16-/m0/s1. The van der Waals surface area contributed by atoms with Crippen LogP contribution in [-0.4, -0.2) is 50.3 Å². The maximum atomic E-state index is 12.5. The lowest BCUT2D eigenvalue weighted by molar-refractivity contribution is -0.159. The van der Waals surface area contributed by atoms with Gasteiger partial charge in [-0.05, 0) is 31.4 Å². The zero-order chi connectivity index (χ0) is 20.6. The van der Waals surface area contributed by atoms with Crippen molar-refractivity contribution in [2.45, 2.75) is 25.9 Å². The molecule has 1 fully saturated rings. The van der Waals surface area contributed by atoms with Crippen LogP contribution in [0.5, 0.6) is 0 Å². The van der Waals surface area contributed by atoms with Gasteiger partial charge in [-0.15, -0.1) is 6.58 Å². The number of ether oxygens (including phenoxy) is 1. The number of sulfonamides is 1. The molecule has 7 nitrogen and oxygen atoms in total. The van der Waals surface area contributed by atoms with E-state index in [1.807, 2.05) is 30.3 Å². The number of amides is 1. The van der Waals surface area contributed by atoms with Gasteiger partial charge in [-0.25, -0.2) is 8.42 Å². The van der Waals surface area contributed by atoms with Crippen LogP contribution in [0.4, 0.5) is 0 Å². The van der Waals surface area contributed by atoms with E-state index in [9.17, 15) is 18.0 Å². The van der Waals surface area contributed by atoms with Crippen molar-refractivity contribution in [3.05, 3.63) is 54.0 Å². The Morgan fingerprint density at radius 1 is 1.29 bits per heavy atom.